The third-order valence-electron chi connectivity index (χ3n) is 14.4. The summed E-state index contributed by atoms with van der Waals surface area (Å²) in [7, 11) is 4.27. The van der Waals surface area contributed by atoms with Gasteiger partial charge in [-0.3, -0.25) is 0 Å². The SMILES string of the molecule is CCCCCC=CCCCOC[C@H](COCCCCO[C@H]1CC[C@@]2(C)C(=CC[C@H]3[C@@H]4CC[C@H]([C@H](C)CCCC(C)C)[C@@]4(C)CC[C@@H]32)C1)N(C)C. The van der Waals surface area contributed by atoms with Crippen molar-refractivity contribution in [2.45, 2.75) is 176 Å². The van der Waals surface area contributed by atoms with E-state index in [0.29, 0.717) is 23.0 Å². The van der Waals surface area contributed by atoms with Crippen molar-refractivity contribution in [2.24, 2.45) is 46.3 Å². The summed E-state index contributed by atoms with van der Waals surface area (Å²) in [5, 5.41) is 0. The van der Waals surface area contributed by atoms with Gasteiger partial charge in [0.05, 0.1) is 25.4 Å². The van der Waals surface area contributed by atoms with Crippen LogP contribution in [-0.2, 0) is 14.2 Å². The van der Waals surface area contributed by atoms with E-state index in [0.717, 1.165) is 94.2 Å². The molecule has 4 aliphatic carbocycles. The molecule has 4 rings (SSSR count). The fourth-order valence-electron chi connectivity index (χ4n) is 11.2. The molecule has 0 spiro atoms. The van der Waals surface area contributed by atoms with E-state index >= 15 is 0 Å². The number of unbranched alkanes of at least 4 members (excludes halogenated alkanes) is 5. The molecule has 0 amide bonds. The predicted molar refractivity (Wildman–Crippen MR) is 214 cm³/mol. The first-order chi connectivity index (χ1) is 24.1. The molecule has 4 aliphatic rings. The molecular formula is C46H83NO3. The van der Waals surface area contributed by atoms with Crippen molar-refractivity contribution in [2.75, 3.05) is 47.1 Å². The Morgan fingerprint density at radius 3 is 2.24 bits per heavy atom. The van der Waals surface area contributed by atoms with Crippen molar-refractivity contribution in [1.29, 1.82) is 0 Å². The van der Waals surface area contributed by atoms with Gasteiger partial charge in [0.25, 0.3) is 0 Å². The summed E-state index contributed by atoms with van der Waals surface area (Å²) in [6, 6.07) is 0.312. The van der Waals surface area contributed by atoms with E-state index in [1.165, 1.54) is 96.3 Å². The zero-order valence-corrected chi connectivity index (χ0v) is 34.5. The minimum absolute atomic E-state index is 0.312. The van der Waals surface area contributed by atoms with Gasteiger partial charge in [-0.15, -0.1) is 0 Å². The Hall–Kier alpha value is -0.680. The van der Waals surface area contributed by atoms with Gasteiger partial charge in [0.1, 0.15) is 0 Å². The summed E-state index contributed by atoms with van der Waals surface area (Å²) < 4.78 is 18.7. The number of likely N-dealkylation sites (N-methyl/N-ethyl adjacent to an activating group) is 1. The molecular weight excluding hydrogens is 615 g/mol. The highest BCUT2D eigenvalue weighted by molar-refractivity contribution is 5.25. The molecule has 0 unspecified atom stereocenters. The Labute approximate surface area is 311 Å². The van der Waals surface area contributed by atoms with Gasteiger partial charge in [-0.2, -0.15) is 0 Å². The lowest BCUT2D eigenvalue weighted by Crippen LogP contribution is -2.51. The van der Waals surface area contributed by atoms with E-state index in [9.17, 15) is 0 Å². The summed E-state index contributed by atoms with van der Waals surface area (Å²) in [5.74, 6) is 5.45. The maximum Gasteiger partial charge on any atom is 0.0644 e. The molecule has 0 N–H and O–H groups in total. The number of hydrogen-bond donors (Lipinski definition) is 0. The molecule has 4 nitrogen and oxygen atoms in total. The number of nitrogens with zero attached hydrogens (tertiary/aromatic N) is 1. The summed E-state index contributed by atoms with van der Waals surface area (Å²) in [6.07, 6.45) is 32.6. The molecule has 0 saturated heterocycles. The number of fused-ring (bicyclic) bond motifs is 5. The highest BCUT2D eigenvalue weighted by Crippen LogP contribution is 2.67. The van der Waals surface area contributed by atoms with Crippen molar-refractivity contribution >= 4 is 0 Å². The average Bonchev–Trinajstić information content (AvgIpc) is 3.44. The number of ether oxygens (including phenoxy) is 3. The summed E-state index contributed by atoms with van der Waals surface area (Å²) in [4.78, 5) is 2.24. The van der Waals surface area contributed by atoms with Gasteiger partial charge in [0.2, 0.25) is 0 Å². The van der Waals surface area contributed by atoms with Crippen LogP contribution in [0.3, 0.4) is 0 Å². The van der Waals surface area contributed by atoms with Gasteiger partial charge in [0, 0.05) is 19.8 Å². The molecule has 290 valence electrons. The fraction of sp³-hybridized carbons (Fsp3) is 0.913. The van der Waals surface area contributed by atoms with E-state index < -0.39 is 0 Å². The lowest BCUT2D eigenvalue weighted by atomic mass is 9.47. The lowest BCUT2D eigenvalue weighted by molar-refractivity contribution is -0.0643. The van der Waals surface area contributed by atoms with Crippen LogP contribution in [0, 0.1) is 46.3 Å². The van der Waals surface area contributed by atoms with Crippen LogP contribution < -0.4 is 0 Å². The second-order valence-electron chi connectivity index (χ2n) is 18.6. The molecule has 0 bridgehead atoms. The third-order valence-corrected chi connectivity index (χ3v) is 14.4. The molecule has 0 aliphatic heterocycles. The van der Waals surface area contributed by atoms with Crippen LogP contribution in [0.4, 0.5) is 0 Å². The summed E-state index contributed by atoms with van der Waals surface area (Å²) in [6.45, 7) is 19.0. The normalized spacial score (nSPS) is 32.3. The van der Waals surface area contributed by atoms with Crippen LogP contribution in [0.5, 0.6) is 0 Å². The van der Waals surface area contributed by atoms with Crippen LogP contribution in [0.2, 0.25) is 0 Å². The van der Waals surface area contributed by atoms with Gasteiger partial charge < -0.3 is 19.1 Å². The maximum absolute atomic E-state index is 6.54. The minimum Gasteiger partial charge on any atom is -0.380 e. The Morgan fingerprint density at radius 1 is 0.800 bits per heavy atom. The second kappa shape index (κ2) is 21.3. The number of allylic oxidation sites excluding steroid dienone is 3. The topological polar surface area (TPSA) is 30.9 Å². The molecule has 3 fully saturated rings. The van der Waals surface area contributed by atoms with Crippen LogP contribution in [0.25, 0.3) is 0 Å². The quantitative estimate of drug-likeness (QED) is 0.0742. The van der Waals surface area contributed by atoms with E-state index in [1.807, 2.05) is 0 Å². The zero-order chi connectivity index (χ0) is 36.0. The van der Waals surface area contributed by atoms with Gasteiger partial charge in [-0.05, 0) is 150 Å². The van der Waals surface area contributed by atoms with Gasteiger partial charge >= 0.3 is 0 Å². The van der Waals surface area contributed by atoms with Gasteiger partial charge in [-0.25, -0.2) is 0 Å². The average molecular weight is 698 g/mol. The summed E-state index contributed by atoms with van der Waals surface area (Å²) in [5.41, 5.74) is 2.75. The number of rotatable bonds is 24. The van der Waals surface area contributed by atoms with E-state index in [-0.39, 0.29) is 0 Å². The highest BCUT2D eigenvalue weighted by Gasteiger charge is 2.59. The van der Waals surface area contributed by atoms with Crippen molar-refractivity contribution in [3.8, 4) is 0 Å². The van der Waals surface area contributed by atoms with Crippen molar-refractivity contribution in [3.05, 3.63) is 23.8 Å². The molecule has 0 aromatic rings. The van der Waals surface area contributed by atoms with Crippen LogP contribution in [0.15, 0.2) is 23.8 Å². The van der Waals surface area contributed by atoms with Gasteiger partial charge in [0.15, 0.2) is 0 Å². The fourth-order valence-corrected chi connectivity index (χ4v) is 11.2. The minimum atomic E-state index is 0.312. The number of hydrogen-bond acceptors (Lipinski definition) is 4. The van der Waals surface area contributed by atoms with E-state index in [1.54, 1.807) is 5.57 Å². The molecule has 3 saturated carbocycles. The van der Waals surface area contributed by atoms with Crippen LogP contribution in [0.1, 0.15) is 164 Å². The molecule has 4 heteroatoms. The van der Waals surface area contributed by atoms with Gasteiger partial charge in [-0.1, -0.05) is 97.4 Å². The molecule has 0 heterocycles. The molecule has 50 heavy (non-hydrogen) atoms. The first-order valence-electron chi connectivity index (χ1n) is 21.9. The standard InChI is InChI=1S/C46H83NO3/c1-9-10-11-12-13-14-15-16-30-48-34-39(47(7)8)35-49-31-17-18-32-50-40-26-28-45(5)38(33-40)22-23-41-43-25-24-42(37(4)21-19-20-36(2)3)46(43,6)29-27-44(41)45/h13-14,22,36-37,39-44H,9-12,15-21,23-35H2,1-8H3/t37-,39-,40+,41+,42-,43+,44+,45+,46-/m1/s1. The van der Waals surface area contributed by atoms with Crippen LogP contribution in [-0.4, -0.2) is 64.2 Å². The molecule has 0 aromatic carbocycles. The Kier molecular flexibility index (Phi) is 17.9. The summed E-state index contributed by atoms with van der Waals surface area (Å²) >= 11 is 0. The van der Waals surface area contributed by atoms with Crippen molar-refractivity contribution in [3.63, 3.8) is 0 Å². The largest absolute Gasteiger partial charge is 0.380 e. The Balaban J connectivity index is 1.10. The first kappa shape index (κ1) is 42.1. The van der Waals surface area contributed by atoms with Crippen molar-refractivity contribution < 1.29 is 14.2 Å². The maximum atomic E-state index is 6.54. The second-order valence-corrected chi connectivity index (χ2v) is 18.6. The monoisotopic (exact) mass is 698 g/mol. The van der Waals surface area contributed by atoms with E-state index in [4.69, 9.17) is 14.2 Å². The molecule has 0 aromatic heterocycles. The van der Waals surface area contributed by atoms with Crippen LogP contribution >= 0.6 is 0 Å². The smallest absolute Gasteiger partial charge is 0.0644 e. The third kappa shape index (κ3) is 11.7. The van der Waals surface area contributed by atoms with Crippen molar-refractivity contribution in [1.82, 2.24) is 4.90 Å². The van der Waals surface area contributed by atoms with E-state index in [2.05, 4.69) is 78.8 Å². The highest BCUT2D eigenvalue weighted by atomic mass is 16.5. The molecule has 9 atom stereocenters. The lowest BCUT2D eigenvalue weighted by Gasteiger charge is -2.58. The first-order valence-corrected chi connectivity index (χ1v) is 21.9. The molecule has 0 radical (unpaired) electrons. The Bertz CT molecular complexity index is 1010. The zero-order valence-electron chi connectivity index (χ0n) is 34.5. The predicted octanol–water partition coefficient (Wildman–Crippen LogP) is 12.1. The Morgan fingerprint density at radius 2 is 1.52 bits per heavy atom.